The van der Waals surface area contributed by atoms with Crippen molar-refractivity contribution in [1.82, 2.24) is 10.2 Å². The van der Waals surface area contributed by atoms with Crippen molar-refractivity contribution in [2.24, 2.45) is 0 Å². The molecule has 92 valence electrons. The molecule has 0 saturated carbocycles. The van der Waals surface area contributed by atoms with Gasteiger partial charge in [0.2, 0.25) is 0 Å². The summed E-state index contributed by atoms with van der Waals surface area (Å²) in [5.41, 5.74) is 1.18. The summed E-state index contributed by atoms with van der Waals surface area (Å²) in [5, 5.41) is 11.6. The van der Waals surface area contributed by atoms with Gasteiger partial charge in [-0.25, -0.2) is 0 Å². The first-order valence-electron chi connectivity index (χ1n) is 5.57. The molecule has 1 unspecified atom stereocenters. The van der Waals surface area contributed by atoms with E-state index in [1.807, 2.05) is 32.3 Å². The quantitative estimate of drug-likeness (QED) is 0.596. The average molecular weight is 233 g/mol. The molecule has 1 aromatic rings. The second-order valence-corrected chi connectivity index (χ2v) is 4.05. The molecule has 0 aliphatic rings. The van der Waals surface area contributed by atoms with Crippen LogP contribution >= 0.6 is 0 Å². The van der Waals surface area contributed by atoms with Crippen LogP contribution < -0.4 is 10.1 Å². The summed E-state index contributed by atoms with van der Waals surface area (Å²) in [5.74, 6) is 0.856. The second-order valence-electron chi connectivity index (χ2n) is 4.05. The Morgan fingerprint density at radius 1 is 1.47 bits per heavy atom. The SMILES string of the molecule is COc1cccc(C(CNCC#N)N(C)C)c1. The molecular weight excluding hydrogens is 214 g/mol. The fourth-order valence-electron chi connectivity index (χ4n) is 1.71. The Hall–Kier alpha value is -1.57. The highest BCUT2D eigenvalue weighted by atomic mass is 16.5. The molecule has 0 heterocycles. The highest BCUT2D eigenvalue weighted by Gasteiger charge is 2.13. The van der Waals surface area contributed by atoms with Gasteiger partial charge in [-0.2, -0.15) is 5.26 Å². The van der Waals surface area contributed by atoms with Crippen LogP contribution in [0.4, 0.5) is 0 Å². The molecule has 0 fully saturated rings. The van der Waals surface area contributed by atoms with E-state index in [1.54, 1.807) is 7.11 Å². The van der Waals surface area contributed by atoms with Gasteiger partial charge in [-0.05, 0) is 31.8 Å². The highest BCUT2D eigenvalue weighted by molar-refractivity contribution is 5.30. The van der Waals surface area contributed by atoms with Gasteiger partial charge in [0.1, 0.15) is 5.75 Å². The molecule has 0 aliphatic heterocycles. The van der Waals surface area contributed by atoms with Gasteiger partial charge < -0.3 is 15.0 Å². The van der Waals surface area contributed by atoms with Crippen LogP contribution in [0.1, 0.15) is 11.6 Å². The van der Waals surface area contributed by atoms with E-state index < -0.39 is 0 Å². The number of nitriles is 1. The van der Waals surface area contributed by atoms with Gasteiger partial charge in [-0.3, -0.25) is 0 Å². The fourth-order valence-corrected chi connectivity index (χ4v) is 1.71. The molecule has 0 saturated heterocycles. The van der Waals surface area contributed by atoms with Crippen LogP contribution in [0.5, 0.6) is 5.75 Å². The molecule has 0 aliphatic carbocycles. The zero-order chi connectivity index (χ0) is 12.7. The molecular formula is C13H19N3O. The van der Waals surface area contributed by atoms with Crippen molar-refractivity contribution in [2.45, 2.75) is 6.04 Å². The topological polar surface area (TPSA) is 48.3 Å². The highest BCUT2D eigenvalue weighted by Crippen LogP contribution is 2.21. The minimum absolute atomic E-state index is 0.235. The third-order valence-corrected chi connectivity index (χ3v) is 2.64. The Kier molecular flexibility index (Phi) is 5.47. The number of nitrogens with one attached hydrogen (secondary N) is 1. The van der Waals surface area contributed by atoms with Crippen molar-refractivity contribution >= 4 is 0 Å². The Labute approximate surface area is 103 Å². The summed E-state index contributed by atoms with van der Waals surface area (Å²) in [7, 11) is 5.72. The largest absolute Gasteiger partial charge is 0.497 e. The monoisotopic (exact) mass is 233 g/mol. The van der Waals surface area contributed by atoms with Crippen LogP contribution in [-0.2, 0) is 0 Å². The van der Waals surface area contributed by atoms with Gasteiger partial charge in [0.25, 0.3) is 0 Å². The van der Waals surface area contributed by atoms with Crippen molar-refractivity contribution in [2.75, 3.05) is 34.3 Å². The fraction of sp³-hybridized carbons (Fsp3) is 0.462. The molecule has 0 spiro atoms. The molecule has 0 radical (unpaired) electrons. The number of hydrogen-bond acceptors (Lipinski definition) is 4. The lowest BCUT2D eigenvalue weighted by atomic mass is 10.1. The van der Waals surface area contributed by atoms with Crippen molar-refractivity contribution in [3.8, 4) is 11.8 Å². The van der Waals surface area contributed by atoms with Crippen molar-refractivity contribution in [3.05, 3.63) is 29.8 Å². The first-order chi connectivity index (χ1) is 8.19. The number of likely N-dealkylation sites (N-methyl/N-ethyl adjacent to an activating group) is 1. The van der Waals surface area contributed by atoms with Crippen molar-refractivity contribution < 1.29 is 4.74 Å². The average Bonchev–Trinajstić information content (AvgIpc) is 2.34. The number of ether oxygens (including phenoxy) is 1. The number of rotatable bonds is 6. The zero-order valence-corrected chi connectivity index (χ0v) is 10.6. The van der Waals surface area contributed by atoms with Gasteiger partial charge in [-0.1, -0.05) is 12.1 Å². The molecule has 17 heavy (non-hydrogen) atoms. The minimum atomic E-state index is 0.235. The van der Waals surface area contributed by atoms with Crippen LogP contribution in [0.25, 0.3) is 0 Å². The first-order valence-corrected chi connectivity index (χ1v) is 5.57. The van der Waals surface area contributed by atoms with Crippen LogP contribution in [-0.4, -0.2) is 39.2 Å². The summed E-state index contributed by atoms with van der Waals surface area (Å²) >= 11 is 0. The van der Waals surface area contributed by atoms with Crippen LogP contribution in [0.2, 0.25) is 0 Å². The molecule has 1 N–H and O–H groups in total. The Morgan fingerprint density at radius 2 is 2.24 bits per heavy atom. The zero-order valence-electron chi connectivity index (χ0n) is 10.6. The first kappa shape index (κ1) is 13.5. The standard InChI is InChI=1S/C13H19N3O/c1-16(2)13(10-15-8-7-14)11-5-4-6-12(9-11)17-3/h4-6,9,13,15H,8,10H2,1-3H3. The third kappa shape index (κ3) is 4.06. The maximum Gasteiger partial charge on any atom is 0.119 e. The van der Waals surface area contributed by atoms with E-state index in [0.29, 0.717) is 6.54 Å². The summed E-state index contributed by atoms with van der Waals surface area (Å²) in [4.78, 5) is 2.12. The lowest BCUT2D eigenvalue weighted by Crippen LogP contribution is -2.31. The van der Waals surface area contributed by atoms with E-state index in [-0.39, 0.29) is 6.04 Å². The van der Waals surface area contributed by atoms with Gasteiger partial charge in [0, 0.05) is 12.6 Å². The summed E-state index contributed by atoms with van der Waals surface area (Å²) in [6.07, 6.45) is 0. The Bertz CT molecular complexity index is 384. The van der Waals surface area contributed by atoms with E-state index in [9.17, 15) is 0 Å². The van der Waals surface area contributed by atoms with E-state index >= 15 is 0 Å². The number of methoxy groups -OCH3 is 1. The second kappa shape index (κ2) is 6.89. The number of hydrogen-bond donors (Lipinski definition) is 1. The normalized spacial score (nSPS) is 12.2. The molecule has 1 atom stereocenters. The summed E-state index contributed by atoms with van der Waals surface area (Å²) < 4.78 is 5.22. The molecule has 0 bridgehead atoms. The minimum Gasteiger partial charge on any atom is -0.497 e. The van der Waals surface area contributed by atoms with Gasteiger partial charge >= 0.3 is 0 Å². The van der Waals surface area contributed by atoms with Gasteiger partial charge in [0.05, 0.1) is 19.7 Å². The van der Waals surface area contributed by atoms with Gasteiger partial charge in [-0.15, -0.1) is 0 Å². The molecule has 0 aromatic heterocycles. The predicted octanol–water partition coefficient (Wildman–Crippen LogP) is 1.41. The summed E-state index contributed by atoms with van der Waals surface area (Å²) in [6, 6.07) is 10.3. The number of benzene rings is 1. The number of nitrogens with zero attached hydrogens (tertiary/aromatic N) is 2. The Balaban J connectivity index is 2.78. The maximum atomic E-state index is 8.52. The van der Waals surface area contributed by atoms with E-state index in [4.69, 9.17) is 10.00 Å². The van der Waals surface area contributed by atoms with E-state index in [0.717, 1.165) is 12.3 Å². The summed E-state index contributed by atoms with van der Waals surface area (Å²) in [6.45, 7) is 1.11. The van der Waals surface area contributed by atoms with E-state index in [1.165, 1.54) is 5.56 Å². The van der Waals surface area contributed by atoms with Crippen molar-refractivity contribution in [3.63, 3.8) is 0 Å². The van der Waals surface area contributed by atoms with Crippen LogP contribution in [0.3, 0.4) is 0 Å². The van der Waals surface area contributed by atoms with E-state index in [2.05, 4.69) is 22.4 Å². The van der Waals surface area contributed by atoms with Gasteiger partial charge in [0.15, 0.2) is 0 Å². The third-order valence-electron chi connectivity index (χ3n) is 2.64. The Morgan fingerprint density at radius 3 is 2.82 bits per heavy atom. The molecule has 4 nitrogen and oxygen atoms in total. The molecule has 0 amide bonds. The lowest BCUT2D eigenvalue weighted by Gasteiger charge is -2.25. The smallest absolute Gasteiger partial charge is 0.119 e. The van der Waals surface area contributed by atoms with Crippen LogP contribution in [0, 0.1) is 11.3 Å². The predicted molar refractivity (Wildman–Crippen MR) is 67.9 cm³/mol. The van der Waals surface area contributed by atoms with Crippen molar-refractivity contribution in [1.29, 1.82) is 5.26 Å². The molecule has 4 heteroatoms. The maximum absolute atomic E-state index is 8.52. The lowest BCUT2D eigenvalue weighted by molar-refractivity contribution is 0.291. The molecule has 1 rings (SSSR count). The molecule has 1 aromatic carbocycles. The van der Waals surface area contributed by atoms with Crippen LogP contribution in [0.15, 0.2) is 24.3 Å².